The molecule has 2 aliphatic rings. The highest BCUT2D eigenvalue weighted by Crippen LogP contribution is 2.23. The summed E-state index contributed by atoms with van der Waals surface area (Å²) in [6, 6.07) is 0.863. The maximum Gasteiger partial charge on any atom is 0.0108 e. The number of piperidine rings is 1. The van der Waals surface area contributed by atoms with Gasteiger partial charge in [0.05, 0.1) is 0 Å². The van der Waals surface area contributed by atoms with E-state index < -0.39 is 0 Å². The average molecular weight is 267 g/mol. The Morgan fingerprint density at radius 3 is 2.68 bits per heavy atom. The van der Waals surface area contributed by atoms with Gasteiger partial charge in [-0.3, -0.25) is 0 Å². The van der Waals surface area contributed by atoms with Crippen LogP contribution in [0.25, 0.3) is 0 Å². The van der Waals surface area contributed by atoms with Gasteiger partial charge in [0, 0.05) is 12.6 Å². The topological polar surface area (TPSA) is 18.5 Å². The smallest absolute Gasteiger partial charge is 0.0108 e. The van der Waals surface area contributed by atoms with E-state index in [9.17, 15) is 0 Å². The summed E-state index contributed by atoms with van der Waals surface area (Å²) in [4.78, 5) is 5.48. The molecule has 0 bridgehead atoms. The Balaban J connectivity index is 1.80. The first-order chi connectivity index (χ1) is 9.33. The van der Waals surface area contributed by atoms with Crippen molar-refractivity contribution in [3.8, 4) is 0 Å². The second-order valence-corrected chi connectivity index (χ2v) is 6.49. The van der Waals surface area contributed by atoms with E-state index in [4.69, 9.17) is 0 Å². The van der Waals surface area contributed by atoms with Crippen LogP contribution >= 0.6 is 0 Å². The summed E-state index contributed by atoms with van der Waals surface area (Å²) in [7, 11) is 2.09. The first-order valence-electron chi connectivity index (χ1n) is 8.44. The van der Waals surface area contributed by atoms with Crippen molar-refractivity contribution in [2.75, 3.05) is 46.3 Å². The van der Waals surface area contributed by atoms with Crippen molar-refractivity contribution in [3.05, 3.63) is 0 Å². The van der Waals surface area contributed by atoms with Gasteiger partial charge in [-0.05, 0) is 84.2 Å². The van der Waals surface area contributed by atoms with Crippen LogP contribution in [0.5, 0.6) is 0 Å². The molecule has 19 heavy (non-hydrogen) atoms. The molecule has 2 fully saturated rings. The average Bonchev–Trinajstić information content (AvgIpc) is 2.66. The van der Waals surface area contributed by atoms with Crippen molar-refractivity contribution < 1.29 is 0 Å². The lowest BCUT2D eigenvalue weighted by Crippen LogP contribution is -2.45. The first-order valence-corrected chi connectivity index (χ1v) is 8.44. The fraction of sp³-hybridized carbons (Fsp3) is 1.00. The Morgan fingerprint density at radius 1 is 1.05 bits per heavy atom. The maximum absolute atomic E-state index is 3.36. The van der Waals surface area contributed by atoms with E-state index in [1.54, 1.807) is 0 Å². The van der Waals surface area contributed by atoms with Crippen LogP contribution in [0.1, 0.15) is 45.4 Å². The van der Waals surface area contributed by atoms with Crippen molar-refractivity contribution in [1.82, 2.24) is 15.1 Å². The second-order valence-electron chi connectivity index (χ2n) is 6.49. The van der Waals surface area contributed by atoms with Gasteiger partial charge in [0.25, 0.3) is 0 Å². The summed E-state index contributed by atoms with van der Waals surface area (Å²) in [5.41, 5.74) is 0. The fourth-order valence-electron chi connectivity index (χ4n) is 3.93. The predicted molar refractivity (Wildman–Crippen MR) is 82.6 cm³/mol. The molecule has 3 nitrogen and oxygen atoms in total. The molecule has 2 atom stereocenters. The highest BCUT2D eigenvalue weighted by atomic mass is 15.2. The molecule has 1 N–H and O–H groups in total. The van der Waals surface area contributed by atoms with Crippen LogP contribution in [0.2, 0.25) is 0 Å². The van der Waals surface area contributed by atoms with E-state index in [0.717, 1.165) is 12.0 Å². The van der Waals surface area contributed by atoms with Crippen LogP contribution in [0.4, 0.5) is 0 Å². The molecule has 2 heterocycles. The summed E-state index contributed by atoms with van der Waals surface area (Å²) in [5, 5.41) is 3.36. The number of nitrogens with zero attached hydrogens (tertiary/aromatic N) is 2. The number of likely N-dealkylation sites (tertiary alicyclic amines) is 2. The minimum atomic E-state index is 0.863. The largest absolute Gasteiger partial charge is 0.319 e. The van der Waals surface area contributed by atoms with Gasteiger partial charge in [-0.15, -0.1) is 0 Å². The van der Waals surface area contributed by atoms with Crippen molar-refractivity contribution in [1.29, 1.82) is 0 Å². The van der Waals surface area contributed by atoms with Gasteiger partial charge in [0.15, 0.2) is 0 Å². The summed E-state index contributed by atoms with van der Waals surface area (Å²) in [6.45, 7) is 10.1. The molecule has 0 spiro atoms. The minimum Gasteiger partial charge on any atom is -0.319 e. The summed E-state index contributed by atoms with van der Waals surface area (Å²) in [6.07, 6.45) is 8.35. The predicted octanol–water partition coefficient (Wildman–Crippen LogP) is 2.18. The Bertz CT molecular complexity index is 242. The summed E-state index contributed by atoms with van der Waals surface area (Å²) in [5.74, 6) is 0.883. The third kappa shape index (κ3) is 4.73. The molecule has 0 aromatic carbocycles. The Kier molecular flexibility index (Phi) is 6.62. The van der Waals surface area contributed by atoms with Crippen LogP contribution in [0, 0.1) is 5.92 Å². The molecular weight excluding hydrogens is 234 g/mol. The van der Waals surface area contributed by atoms with E-state index in [0.29, 0.717) is 0 Å². The number of hydrogen-bond donors (Lipinski definition) is 1. The van der Waals surface area contributed by atoms with E-state index >= 15 is 0 Å². The molecule has 0 saturated carbocycles. The lowest BCUT2D eigenvalue weighted by atomic mass is 9.95. The molecule has 2 unspecified atom stereocenters. The summed E-state index contributed by atoms with van der Waals surface area (Å²) < 4.78 is 0. The minimum absolute atomic E-state index is 0.863. The van der Waals surface area contributed by atoms with Crippen molar-refractivity contribution in [2.45, 2.75) is 51.5 Å². The molecule has 0 amide bonds. The zero-order chi connectivity index (χ0) is 13.5. The normalized spacial score (nSPS) is 31.3. The highest BCUT2D eigenvalue weighted by Gasteiger charge is 2.27. The van der Waals surface area contributed by atoms with Crippen molar-refractivity contribution >= 4 is 0 Å². The van der Waals surface area contributed by atoms with E-state index in [-0.39, 0.29) is 0 Å². The lowest BCUT2D eigenvalue weighted by molar-refractivity contribution is 0.112. The van der Waals surface area contributed by atoms with Crippen molar-refractivity contribution in [3.63, 3.8) is 0 Å². The molecule has 0 radical (unpaired) electrons. The maximum atomic E-state index is 3.36. The van der Waals surface area contributed by atoms with Crippen LogP contribution in [-0.2, 0) is 0 Å². The zero-order valence-electron chi connectivity index (χ0n) is 13.0. The quantitative estimate of drug-likeness (QED) is 0.824. The molecule has 0 aromatic heterocycles. The molecule has 2 saturated heterocycles. The fourth-order valence-corrected chi connectivity index (χ4v) is 3.93. The van der Waals surface area contributed by atoms with Gasteiger partial charge in [-0.25, -0.2) is 0 Å². The Morgan fingerprint density at radius 2 is 1.89 bits per heavy atom. The third-order valence-corrected chi connectivity index (χ3v) is 4.89. The zero-order valence-corrected chi connectivity index (χ0v) is 13.0. The van der Waals surface area contributed by atoms with E-state index in [1.165, 1.54) is 77.8 Å². The van der Waals surface area contributed by atoms with Crippen LogP contribution in [-0.4, -0.2) is 62.2 Å². The van der Waals surface area contributed by atoms with E-state index in [1.807, 2.05) is 0 Å². The molecule has 0 aliphatic carbocycles. The number of rotatable bonds is 5. The second kappa shape index (κ2) is 8.23. The third-order valence-electron chi connectivity index (χ3n) is 4.89. The molecular formula is C16H33N3. The standard InChI is InChI=1S/C16H33N3/c1-3-9-18-10-5-7-16(8-12-18)19-11-4-6-15(14-19)13-17-2/h15-17H,3-14H2,1-2H3. The SMILES string of the molecule is CCCN1CCCC(N2CCCC(CNC)C2)CC1. The van der Waals surface area contributed by atoms with Gasteiger partial charge >= 0.3 is 0 Å². The summed E-state index contributed by atoms with van der Waals surface area (Å²) >= 11 is 0. The van der Waals surface area contributed by atoms with E-state index in [2.05, 4.69) is 29.1 Å². The van der Waals surface area contributed by atoms with Gasteiger partial charge in [0.2, 0.25) is 0 Å². The van der Waals surface area contributed by atoms with Gasteiger partial charge in [-0.2, -0.15) is 0 Å². The molecule has 0 aromatic rings. The molecule has 2 aliphatic heterocycles. The Hall–Kier alpha value is -0.120. The molecule has 112 valence electrons. The molecule has 2 rings (SSSR count). The first kappa shape index (κ1) is 15.3. The van der Waals surface area contributed by atoms with Gasteiger partial charge in [0.1, 0.15) is 0 Å². The Labute approximate surface area is 119 Å². The van der Waals surface area contributed by atoms with Gasteiger partial charge < -0.3 is 15.1 Å². The monoisotopic (exact) mass is 267 g/mol. The van der Waals surface area contributed by atoms with Crippen LogP contribution in [0.3, 0.4) is 0 Å². The van der Waals surface area contributed by atoms with Crippen LogP contribution < -0.4 is 5.32 Å². The van der Waals surface area contributed by atoms with Crippen molar-refractivity contribution in [2.24, 2.45) is 5.92 Å². The number of hydrogen-bond acceptors (Lipinski definition) is 3. The van der Waals surface area contributed by atoms with Crippen LogP contribution in [0.15, 0.2) is 0 Å². The lowest BCUT2D eigenvalue weighted by Gasteiger charge is -2.38. The molecule has 3 heteroatoms. The highest BCUT2D eigenvalue weighted by molar-refractivity contribution is 4.82. The van der Waals surface area contributed by atoms with Gasteiger partial charge in [-0.1, -0.05) is 6.92 Å². The number of nitrogens with one attached hydrogen (secondary N) is 1.